The molecule has 0 aromatic heterocycles. The average Bonchev–Trinajstić information content (AvgIpc) is 2.78. The zero-order valence-electron chi connectivity index (χ0n) is 18.6. The van der Waals surface area contributed by atoms with E-state index in [2.05, 4.69) is 72.6 Å². The lowest BCUT2D eigenvalue weighted by atomic mass is 9.92. The molecule has 0 aliphatic carbocycles. The highest BCUT2D eigenvalue weighted by Crippen LogP contribution is 2.32. The van der Waals surface area contributed by atoms with Crippen molar-refractivity contribution in [3.05, 3.63) is 101 Å². The van der Waals surface area contributed by atoms with Gasteiger partial charge in [0.1, 0.15) is 0 Å². The van der Waals surface area contributed by atoms with Crippen molar-refractivity contribution >= 4 is 11.7 Å². The molecule has 0 radical (unpaired) electrons. The fourth-order valence-corrected chi connectivity index (χ4v) is 4.25. The molecule has 1 heterocycles. The third-order valence-corrected chi connectivity index (χ3v) is 6.15. The predicted octanol–water partition coefficient (Wildman–Crippen LogP) is 5.55. The first-order chi connectivity index (χ1) is 15.0. The van der Waals surface area contributed by atoms with Crippen LogP contribution in [0, 0.1) is 20.8 Å². The number of rotatable bonds is 4. The van der Waals surface area contributed by atoms with E-state index in [1.165, 1.54) is 27.8 Å². The number of piperazine rings is 1. The summed E-state index contributed by atoms with van der Waals surface area (Å²) in [5.41, 5.74) is 7.24. The second-order valence-corrected chi connectivity index (χ2v) is 8.49. The highest BCUT2D eigenvalue weighted by molar-refractivity contribution is 5.89. The molecule has 0 bridgehead atoms. The Balaban J connectivity index is 1.48. The van der Waals surface area contributed by atoms with Gasteiger partial charge in [-0.05, 0) is 49.6 Å². The van der Waals surface area contributed by atoms with E-state index in [9.17, 15) is 4.79 Å². The summed E-state index contributed by atoms with van der Waals surface area (Å²) in [7, 11) is 0. The van der Waals surface area contributed by atoms with Gasteiger partial charge in [0.05, 0.1) is 6.04 Å². The van der Waals surface area contributed by atoms with Crippen LogP contribution >= 0.6 is 0 Å². The zero-order chi connectivity index (χ0) is 21.8. The normalized spacial score (nSPS) is 15.5. The first-order valence-electron chi connectivity index (χ1n) is 11.0. The first-order valence-corrected chi connectivity index (χ1v) is 11.0. The minimum absolute atomic E-state index is 0.0220. The monoisotopic (exact) mass is 413 g/mol. The van der Waals surface area contributed by atoms with E-state index in [-0.39, 0.29) is 12.1 Å². The van der Waals surface area contributed by atoms with Crippen LogP contribution in [0.15, 0.2) is 72.8 Å². The molecule has 4 nitrogen and oxygen atoms in total. The summed E-state index contributed by atoms with van der Waals surface area (Å²) in [5.74, 6) is 0. The maximum atomic E-state index is 12.8. The fourth-order valence-electron chi connectivity index (χ4n) is 4.25. The van der Waals surface area contributed by atoms with E-state index in [1.807, 2.05) is 36.1 Å². The van der Waals surface area contributed by atoms with Crippen molar-refractivity contribution in [2.75, 3.05) is 31.5 Å². The highest BCUT2D eigenvalue weighted by atomic mass is 16.2. The average molecular weight is 414 g/mol. The summed E-state index contributed by atoms with van der Waals surface area (Å²) in [6, 6.07) is 25.6. The molecule has 1 aliphatic rings. The lowest BCUT2D eigenvalue weighted by Gasteiger charge is -2.40. The van der Waals surface area contributed by atoms with Gasteiger partial charge in [0, 0.05) is 31.9 Å². The molecule has 0 saturated carbocycles. The Kier molecular flexibility index (Phi) is 6.38. The van der Waals surface area contributed by atoms with E-state index in [0.717, 1.165) is 18.8 Å². The Morgan fingerprint density at radius 3 is 1.97 bits per heavy atom. The summed E-state index contributed by atoms with van der Waals surface area (Å²) >= 11 is 0. The Bertz CT molecular complexity index is 1020. The van der Waals surface area contributed by atoms with Crippen LogP contribution in [0.3, 0.4) is 0 Å². The molecule has 3 aromatic carbocycles. The number of urea groups is 1. The van der Waals surface area contributed by atoms with Crippen LogP contribution in [0.2, 0.25) is 0 Å². The second kappa shape index (κ2) is 9.36. The molecule has 1 atom stereocenters. The summed E-state index contributed by atoms with van der Waals surface area (Å²) in [5, 5.41) is 3.03. The van der Waals surface area contributed by atoms with Crippen LogP contribution in [-0.2, 0) is 0 Å². The third-order valence-electron chi connectivity index (χ3n) is 6.15. The van der Waals surface area contributed by atoms with E-state index in [4.69, 9.17) is 0 Å². The van der Waals surface area contributed by atoms with Gasteiger partial charge in [0.25, 0.3) is 0 Å². The Hall–Kier alpha value is -3.11. The smallest absolute Gasteiger partial charge is 0.321 e. The maximum Gasteiger partial charge on any atom is 0.321 e. The summed E-state index contributed by atoms with van der Waals surface area (Å²) in [6.07, 6.45) is 0. The number of carbonyl (C=O) groups excluding carboxylic acids is 1. The second-order valence-electron chi connectivity index (χ2n) is 8.49. The number of benzene rings is 3. The number of anilines is 1. The van der Waals surface area contributed by atoms with Crippen LogP contribution in [0.5, 0.6) is 0 Å². The Morgan fingerprint density at radius 2 is 1.35 bits per heavy atom. The van der Waals surface area contributed by atoms with Crippen LogP contribution in [0.1, 0.15) is 33.9 Å². The quantitative estimate of drug-likeness (QED) is 0.609. The van der Waals surface area contributed by atoms with E-state index >= 15 is 0 Å². The number of nitrogens with zero attached hydrogens (tertiary/aromatic N) is 2. The molecule has 1 aliphatic heterocycles. The van der Waals surface area contributed by atoms with Crippen LogP contribution < -0.4 is 5.32 Å². The largest absolute Gasteiger partial charge is 0.322 e. The first kappa shape index (κ1) is 21.1. The number of aryl methyl sites for hydroxylation is 3. The summed E-state index contributed by atoms with van der Waals surface area (Å²) in [6.45, 7) is 9.46. The Morgan fingerprint density at radius 1 is 0.774 bits per heavy atom. The van der Waals surface area contributed by atoms with Crippen molar-refractivity contribution in [2.24, 2.45) is 0 Å². The molecule has 4 heteroatoms. The van der Waals surface area contributed by atoms with Crippen molar-refractivity contribution in [3.63, 3.8) is 0 Å². The van der Waals surface area contributed by atoms with Crippen molar-refractivity contribution in [2.45, 2.75) is 26.8 Å². The van der Waals surface area contributed by atoms with Crippen LogP contribution in [0.4, 0.5) is 10.5 Å². The van der Waals surface area contributed by atoms with Crippen LogP contribution in [0.25, 0.3) is 0 Å². The number of carbonyl (C=O) groups is 1. The van der Waals surface area contributed by atoms with Gasteiger partial charge in [0.15, 0.2) is 0 Å². The minimum atomic E-state index is -0.0220. The lowest BCUT2D eigenvalue weighted by molar-refractivity contribution is 0.126. The standard InChI is InChI=1S/C27H31N3O/c1-20-8-12-23(13-9-20)26(25-7-5-4-6-22(25)3)29-16-18-30(19-17-29)27(31)28-24-14-10-21(2)11-15-24/h4-15,26H,16-19H2,1-3H3,(H,28,31). The van der Waals surface area contributed by atoms with E-state index in [0.29, 0.717) is 13.1 Å². The van der Waals surface area contributed by atoms with Gasteiger partial charge in [0.2, 0.25) is 0 Å². The van der Waals surface area contributed by atoms with Gasteiger partial charge < -0.3 is 10.2 Å². The minimum Gasteiger partial charge on any atom is -0.322 e. The number of hydrogen-bond acceptors (Lipinski definition) is 2. The predicted molar refractivity (Wildman–Crippen MR) is 128 cm³/mol. The molecule has 1 unspecified atom stereocenters. The lowest BCUT2D eigenvalue weighted by Crippen LogP contribution is -2.51. The van der Waals surface area contributed by atoms with Gasteiger partial charge in [-0.3, -0.25) is 4.90 Å². The van der Waals surface area contributed by atoms with Crippen LogP contribution in [-0.4, -0.2) is 42.0 Å². The van der Waals surface area contributed by atoms with Gasteiger partial charge in [-0.2, -0.15) is 0 Å². The molecule has 1 saturated heterocycles. The van der Waals surface area contributed by atoms with Gasteiger partial charge in [-0.25, -0.2) is 4.79 Å². The summed E-state index contributed by atoms with van der Waals surface area (Å²) in [4.78, 5) is 17.2. The van der Waals surface area contributed by atoms with Gasteiger partial charge in [-0.15, -0.1) is 0 Å². The Labute approximate surface area is 185 Å². The molecule has 160 valence electrons. The fraction of sp³-hybridized carbons (Fsp3) is 0.296. The van der Waals surface area contributed by atoms with Gasteiger partial charge >= 0.3 is 6.03 Å². The van der Waals surface area contributed by atoms with E-state index < -0.39 is 0 Å². The number of amides is 2. The highest BCUT2D eigenvalue weighted by Gasteiger charge is 2.29. The van der Waals surface area contributed by atoms with Crippen molar-refractivity contribution in [1.29, 1.82) is 0 Å². The number of nitrogens with one attached hydrogen (secondary N) is 1. The molecule has 2 amide bonds. The van der Waals surface area contributed by atoms with E-state index in [1.54, 1.807) is 0 Å². The SMILES string of the molecule is Cc1ccc(NC(=O)N2CCN(C(c3ccc(C)cc3)c3ccccc3C)CC2)cc1. The molecule has 31 heavy (non-hydrogen) atoms. The molecular weight excluding hydrogens is 382 g/mol. The van der Waals surface area contributed by atoms with Crippen molar-refractivity contribution < 1.29 is 4.79 Å². The molecule has 0 spiro atoms. The molecular formula is C27H31N3O. The van der Waals surface area contributed by atoms with Crippen molar-refractivity contribution in [1.82, 2.24) is 9.80 Å². The topological polar surface area (TPSA) is 35.6 Å². The maximum absolute atomic E-state index is 12.8. The molecule has 1 fully saturated rings. The molecule has 4 rings (SSSR count). The third kappa shape index (κ3) is 4.97. The van der Waals surface area contributed by atoms with Gasteiger partial charge in [-0.1, -0.05) is 71.8 Å². The summed E-state index contributed by atoms with van der Waals surface area (Å²) < 4.78 is 0. The number of hydrogen-bond donors (Lipinski definition) is 1. The van der Waals surface area contributed by atoms with Crippen molar-refractivity contribution in [3.8, 4) is 0 Å². The zero-order valence-corrected chi connectivity index (χ0v) is 18.6. The molecule has 1 N–H and O–H groups in total. The molecule has 3 aromatic rings.